The number of carbonyl (C=O) groups excluding carboxylic acids is 4. The molecule has 0 atom stereocenters. The fourth-order valence-corrected chi connectivity index (χ4v) is 3.46. The topological polar surface area (TPSA) is 92.8 Å². The summed E-state index contributed by atoms with van der Waals surface area (Å²) in [6, 6.07) is 10.4. The van der Waals surface area contributed by atoms with Gasteiger partial charge in [0.05, 0.1) is 17.5 Å². The minimum Gasteiger partial charge on any atom is -0.456 e. The lowest BCUT2D eigenvalue weighted by atomic mass is 10.1. The van der Waals surface area contributed by atoms with Crippen molar-refractivity contribution < 1.29 is 23.9 Å². The Morgan fingerprint density at radius 3 is 2.48 bits per heavy atom. The predicted molar refractivity (Wildman–Crippen MR) is 110 cm³/mol. The van der Waals surface area contributed by atoms with Gasteiger partial charge < -0.3 is 10.1 Å². The van der Waals surface area contributed by atoms with Gasteiger partial charge in [0.1, 0.15) is 0 Å². The molecule has 0 radical (unpaired) electrons. The molecule has 0 aliphatic carbocycles. The van der Waals surface area contributed by atoms with E-state index in [-0.39, 0.29) is 13.0 Å². The van der Waals surface area contributed by atoms with Crippen LogP contribution in [-0.2, 0) is 14.3 Å². The number of amides is 3. The maximum absolute atomic E-state index is 12.4. The SMILES string of the molecule is Cc1ccc2c(c1)C(=O)N(CCC(=O)OCC(=O)Nc1ccc(Br)cc1C)C2=O. The highest BCUT2D eigenvalue weighted by Gasteiger charge is 2.35. The van der Waals surface area contributed by atoms with E-state index in [1.165, 1.54) is 0 Å². The van der Waals surface area contributed by atoms with E-state index >= 15 is 0 Å². The van der Waals surface area contributed by atoms with E-state index in [1.807, 2.05) is 19.9 Å². The molecule has 1 N–H and O–H groups in total. The molecule has 150 valence electrons. The lowest BCUT2D eigenvalue weighted by molar-refractivity contribution is -0.147. The first-order valence-corrected chi connectivity index (χ1v) is 9.74. The number of fused-ring (bicyclic) bond motifs is 1. The molecular formula is C21H19BrN2O5. The highest BCUT2D eigenvalue weighted by Crippen LogP contribution is 2.24. The molecule has 0 saturated carbocycles. The van der Waals surface area contributed by atoms with Crippen LogP contribution in [0, 0.1) is 13.8 Å². The fraction of sp³-hybridized carbons (Fsp3) is 0.238. The summed E-state index contributed by atoms with van der Waals surface area (Å²) in [5, 5.41) is 2.67. The van der Waals surface area contributed by atoms with Crippen LogP contribution in [0.15, 0.2) is 40.9 Å². The third-order valence-electron chi connectivity index (χ3n) is 4.49. The number of aryl methyl sites for hydroxylation is 2. The summed E-state index contributed by atoms with van der Waals surface area (Å²) in [5.74, 6) is -1.99. The van der Waals surface area contributed by atoms with Gasteiger partial charge in [-0.15, -0.1) is 0 Å². The molecule has 0 saturated heterocycles. The molecule has 0 unspecified atom stereocenters. The lowest BCUT2D eigenvalue weighted by Crippen LogP contribution is -2.32. The maximum Gasteiger partial charge on any atom is 0.308 e. The van der Waals surface area contributed by atoms with Crippen molar-refractivity contribution in [2.75, 3.05) is 18.5 Å². The Bertz CT molecular complexity index is 1020. The summed E-state index contributed by atoms with van der Waals surface area (Å²) in [6.07, 6.45) is -0.185. The third-order valence-corrected chi connectivity index (χ3v) is 4.99. The van der Waals surface area contributed by atoms with E-state index in [1.54, 1.807) is 30.3 Å². The Hall–Kier alpha value is -3.00. The Kier molecular flexibility index (Phi) is 6.12. The first-order chi connectivity index (χ1) is 13.8. The van der Waals surface area contributed by atoms with Gasteiger partial charge in [0, 0.05) is 16.7 Å². The van der Waals surface area contributed by atoms with Crippen LogP contribution < -0.4 is 5.32 Å². The summed E-state index contributed by atoms with van der Waals surface area (Å²) in [7, 11) is 0. The number of nitrogens with one attached hydrogen (secondary N) is 1. The van der Waals surface area contributed by atoms with Crippen LogP contribution in [-0.4, -0.2) is 41.7 Å². The molecule has 3 rings (SSSR count). The van der Waals surface area contributed by atoms with E-state index in [0.717, 1.165) is 20.5 Å². The van der Waals surface area contributed by atoms with Gasteiger partial charge in [0.15, 0.2) is 6.61 Å². The zero-order chi connectivity index (χ0) is 21.1. The van der Waals surface area contributed by atoms with E-state index in [0.29, 0.717) is 16.8 Å². The van der Waals surface area contributed by atoms with Crippen LogP contribution in [0.1, 0.15) is 38.3 Å². The zero-order valence-electron chi connectivity index (χ0n) is 16.0. The average Bonchev–Trinajstić information content (AvgIpc) is 2.90. The van der Waals surface area contributed by atoms with Crippen LogP contribution in [0.5, 0.6) is 0 Å². The standard InChI is InChI=1S/C21H19BrN2O5/c1-12-3-5-15-16(9-12)21(28)24(20(15)27)8-7-19(26)29-11-18(25)23-17-6-4-14(22)10-13(17)2/h3-6,9-10H,7-8,11H2,1-2H3,(H,23,25). The van der Waals surface area contributed by atoms with E-state index in [4.69, 9.17) is 4.74 Å². The number of hydrogen-bond donors (Lipinski definition) is 1. The maximum atomic E-state index is 12.4. The van der Waals surface area contributed by atoms with Crippen molar-refractivity contribution >= 4 is 45.3 Å². The number of anilines is 1. The van der Waals surface area contributed by atoms with Gasteiger partial charge in [-0.25, -0.2) is 0 Å². The van der Waals surface area contributed by atoms with Crippen molar-refractivity contribution in [1.29, 1.82) is 0 Å². The van der Waals surface area contributed by atoms with Gasteiger partial charge in [-0.2, -0.15) is 0 Å². The number of imide groups is 1. The van der Waals surface area contributed by atoms with Crippen molar-refractivity contribution in [3.8, 4) is 0 Å². The fourth-order valence-electron chi connectivity index (χ4n) is 2.98. The first-order valence-electron chi connectivity index (χ1n) is 8.94. The van der Waals surface area contributed by atoms with Crippen molar-refractivity contribution in [3.63, 3.8) is 0 Å². The minimum atomic E-state index is -0.666. The zero-order valence-corrected chi connectivity index (χ0v) is 17.5. The number of esters is 1. The first kappa shape index (κ1) is 20.7. The molecule has 2 aromatic carbocycles. The summed E-state index contributed by atoms with van der Waals surface area (Å²) in [6.45, 7) is 3.13. The van der Waals surface area contributed by atoms with Crippen LogP contribution in [0.2, 0.25) is 0 Å². The molecule has 0 aromatic heterocycles. The number of halogens is 1. The van der Waals surface area contributed by atoms with Gasteiger partial charge in [-0.05, 0) is 49.7 Å². The second kappa shape index (κ2) is 8.57. The number of ether oxygens (including phenoxy) is 1. The van der Waals surface area contributed by atoms with E-state index < -0.39 is 30.3 Å². The average molecular weight is 459 g/mol. The Balaban J connectivity index is 1.48. The second-order valence-electron chi connectivity index (χ2n) is 6.73. The third kappa shape index (κ3) is 4.71. The smallest absolute Gasteiger partial charge is 0.308 e. The molecule has 8 heteroatoms. The lowest BCUT2D eigenvalue weighted by Gasteiger charge is -2.13. The predicted octanol–water partition coefficient (Wildman–Crippen LogP) is 3.23. The van der Waals surface area contributed by atoms with Crippen LogP contribution in [0.3, 0.4) is 0 Å². The molecule has 1 heterocycles. The normalized spacial score (nSPS) is 12.7. The van der Waals surface area contributed by atoms with Crippen molar-refractivity contribution in [2.45, 2.75) is 20.3 Å². The Labute approximate surface area is 176 Å². The highest BCUT2D eigenvalue weighted by molar-refractivity contribution is 9.10. The number of hydrogen-bond acceptors (Lipinski definition) is 5. The molecule has 3 amide bonds. The molecule has 2 aromatic rings. The van der Waals surface area contributed by atoms with Crippen molar-refractivity contribution in [2.24, 2.45) is 0 Å². The number of rotatable bonds is 6. The monoisotopic (exact) mass is 458 g/mol. The van der Waals surface area contributed by atoms with Crippen molar-refractivity contribution in [3.05, 3.63) is 63.1 Å². The quantitative estimate of drug-likeness (QED) is 0.529. The van der Waals surface area contributed by atoms with Gasteiger partial charge in [0.25, 0.3) is 17.7 Å². The molecule has 1 aliphatic rings. The van der Waals surface area contributed by atoms with Crippen LogP contribution in [0.4, 0.5) is 5.69 Å². The highest BCUT2D eigenvalue weighted by atomic mass is 79.9. The second-order valence-corrected chi connectivity index (χ2v) is 7.64. The van der Waals surface area contributed by atoms with Gasteiger partial charge in [0.2, 0.25) is 0 Å². The molecule has 0 fully saturated rings. The largest absolute Gasteiger partial charge is 0.456 e. The summed E-state index contributed by atoms with van der Waals surface area (Å²) in [5.41, 5.74) is 3.03. The van der Waals surface area contributed by atoms with Crippen molar-refractivity contribution in [1.82, 2.24) is 4.90 Å². The Morgan fingerprint density at radius 1 is 1.03 bits per heavy atom. The molecule has 0 bridgehead atoms. The summed E-state index contributed by atoms with van der Waals surface area (Å²) >= 11 is 3.34. The Morgan fingerprint density at radius 2 is 1.76 bits per heavy atom. The minimum absolute atomic E-state index is 0.0995. The number of benzene rings is 2. The van der Waals surface area contributed by atoms with Gasteiger partial charge in [-0.1, -0.05) is 27.6 Å². The van der Waals surface area contributed by atoms with Gasteiger partial charge >= 0.3 is 5.97 Å². The summed E-state index contributed by atoms with van der Waals surface area (Å²) < 4.78 is 5.85. The number of nitrogens with zero attached hydrogens (tertiary/aromatic N) is 1. The molecular weight excluding hydrogens is 440 g/mol. The van der Waals surface area contributed by atoms with Crippen LogP contribution >= 0.6 is 15.9 Å². The molecule has 7 nitrogen and oxygen atoms in total. The van der Waals surface area contributed by atoms with E-state index in [2.05, 4.69) is 21.2 Å². The molecule has 29 heavy (non-hydrogen) atoms. The molecule has 1 aliphatic heterocycles. The number of carbonyl (C=O) groups is 4. The van der Waals surface area contributed by atoms with Crippen LogP contribution in [0.25, 0.3) is 0 Å². The summed E-state index contributed by atoms with van der Waals surface area (Å²) in [4.78, 5) is 49.7. The van der Waals surface area contributed by atoms with Gasteiger partial charge in [-0.3, -0.25) is 24.1 Å². The molecule has 0 spiro atoms. The van der Waals surface area contributed by atoms with E-state index in [9.17, 15) is 19.2 Å².